The molecule has 14 heteroatoms. The molecule has 228 valence electrons. The fourth-order valence-electron chi connectivity index (χ4n) is 4.84. The van der Waals surface area contributed by atoms with E-state index in [4.69, 9.17) is 28.1 Å². The summed E-state index contributed by atoms with van der Waals surface area (Å²) < 4.78 is 33.2. The van der Waals surface area contributed by atoms with Gasteiger partial charge in [0.05, 0.1) is 19.8 Å². The van der Waals surface area contributed by atoms with Crippen LogP contribution < -0.4 is 14.9 Å². The second-order valence-corrected chi connectivity index (χ2v) is 10.2. The second kappa shape index (κ2) is 12.1. The molecule has 1 aromatic heterocycles. The van der Waals surface area contributed by atoms with Gasteiger partial charge in [0.15, 0.2) is 11.7 Å². The summed E-state index contributed by atoms with van der Waals surface area (Å²) in [6, 6.07) is 10.4. The summed E-state index contributed by atoms with van der Waals surface area (Å²) in [5, 5.41) is 71.9. The Balaban J connectivity index is 1.35. The molecule has 0 amide bonds. The molecule has 3 heterocycles. The first-order valence-electron chi connectivity index (χ1n) is 13.1. The molecule has 3 aromatic rings. The molecule has 0 saturated carbocycles. The SMILES string of the molecule is COc1ccc(-c2cc(=O)c3c(O)cc(O[C@@H]4O[C@H](CO[C@@H]5O[C@@H](C)[C@@H](O)[C@@H](O)[C@H]5O)[C@H](O)[C@@H](O)[C@H]4O)cc3o2)cc1. The van der Waals surface area contributed by atoms with Gasteiger partial charge in [0, 0.05) is 23.8 Å². The number of phenols is 1. The molecule has 2 saturated heterocycles. The van der Waals surface area contributed by atoms with Gasteiger partial charge in [-0.1, -0.05) is 0 Å². The van der Waals surface area contributed by atoms with Gasteiger partial charge in [-0.05, 0) is 31.2 Å². The van der Waals surface area contributed by atoms with Crippen molar-refractivity contribution in [3.8, 4) is 28.6 Å². The summed E-state index contributed by atoms with van der Waals surface area (Å²) in [6.07, 6.45) is -14.8. The topological polar surface area (TPSA) is 218 Å². The molecule has 2 aromatic carbocycles. The van der Waals surface area contributed by atoms with Crippen molar-refractivity contribution in [2.75, 3.05) is 13.7 Å². The number of ether oxygens (including phenoxy) is 5. The van der Waals surface area contributed by atoms with Crippen LogP contribution in [-0.2, 0) is 14.2 Å². The highest BCUT2D eigenvalue weighted by Gasteiger charge is 2.47. The maximum absolute atomic E-state index is 12.8. The third-order valence-electron chi connectivity index (χ3n) is 7.31. The molecular weight excluding hydrogens is 560 g/mol. The van der Waals surface area contributed by atoms with Crippen molar-refractivity contribution in [1.82, 2.24) is 0 Å². The highest BCUT2D eigenvalue weighted by molar-refractivity contribution is 5.86. The molecule has 10 atom stereocenters. The van der Waals surface area contributed by atoms with E-state index in [9.17, 15) is 40.5 Å². The highest BCUT2D eigenvalue weighted by atomic mass is 16.7. The summed E-state index contributed by atoms with van der Waals surface area (Å²) in [5.74, 6) is 0.238. The first-order chi connectivity index (χ1) is 20.0. The van der Waals surface area contributed by atoms with Crippen LogP contribution in [0.5, 0.6) is 17.2 Å². The van der Waals surface area contributed by atoms with E-state index in [1.807, 2.05) is 0 Å². The molecule has 2 fully saturated rings. The molecule has 2 aliphatic heterocycles. The Morgan fingerprint density at radius 3 is 2.14 bits per heavy atom. The number of phenolic OH excluding ortho intramolecular Hbond substituents is 1. The van der Waals surface area contributed by atoms with E-state index < -0.39 is 79.2 Å². The van der Waals surface area contributed by atoms with Gasteiger partial charge in [0.25, 0.3) is 0 Å². The Labute approximate surface area is 238 Å². The monoisotopic (exact) mass is 592 g/mol. The predicted molar refractivity (Wildman–Crippen MR) is 142 cm³/mol. The van der Waals surface area contributed by atoms with Crippen molar-refractivity contribution in [3.05, 3.63) is 52.7 Å². The minimum absolute atomic E-state index is 0.0348. The minimum atomic E-state index is -1.76. The number of rotatable bonds is 7. The van der Waals surface area contributed by atoms with Crippen molar-refractivity contribution in [1.29, 1.82) is 0 Å². The summed E-state index contributed by atoms with van der Waals surface area (Å²) in [4.78, 5) is 12.8. The minimum Gasteiger partial charge on any atom is -0.507 e. The van der Waals surface area contributed by atoms with E-state index >= 15 is 0 Å². The van der Waals surface area contributed by atoms with E-state index in [1.165, 1.54) is 26.2 Å². The number of aliphatic hydroxyl groups excluding tert-OH is 6. The van der Waals surface area contributed by atoms with Crippen LogP contribution >= 0.6 is 0 Å². The Hall–Kier alpha value is -3.31. The van der Waals surface area contributed by atoms with Crippen molar-refractivity contribution >= 4 is 11.0 Å². The molecule has 7 N–H and O–H groups in total. The van der Waals surface area contributed by atoms with Crippen LogP contribution in [0, 0.1) is 0 Å². The molecule has 0 bridgehead atoms. The van der Waals surface area contributed by atoms with Gasteiger partial charge in [-0.3, -0.25) is 4.79 Å². The Morgan fingerprint density at radius 2 is 1.45 bits per heavy atom. The number of aliphatic hydroxyl groups is 6. The molecule has 0 radical (unpaired) electrons. The van der Waals surface area contributed by atoms with E-state index in [-0.39, 0.29) is 22.5 Å². The third-order valence-corrected chi connectivity index (χ3v) is 7.31. The lowest BCUT2D eigenvalue weighted by Crippen LogP contribution is -2.61. The Kier molecular flexibility index (Phi) is 8.71. The molecule has 42 heavy (non-hydrogen) atoms. The number of methoxy groups -OCH3 is 1. The first-order valence-corrected chi connectivity index (χ1v) is 13.1. The maximum Gasteiger partial charge on any atom is 0.229 e. The quantitative estimate of drug-likeness (QED) is 0.179. The lowest BCUT2D eigenvalue weighted by atomic mass is 9.98. The Bertz CT molecular complexity index is 1440. The van der Waals surface area contributed by atoms with E-state index in [0.29, 0.717) is 11.3 Å². The van der Waals surface area contributed by atoms with Crippen LogP contribution in [0.2, 0.25) is 0 Å². The zero-order valence-electron chi connectivity index (χ0n) is 22.5. The summed E-state index contributed by atoms with van der Waals surface area (Å²) in [6.45, 7) is 0.984. The predicted octanol–water partition coefficient (Wildman–Crippen LogP) is -0.795. The van der Waals surface area contributed by atoms with Gasteiger partial charge in [-0.25, -0.2) is 0 Å². The molecule has 5 rings (SSSR count). The highest BCUT2D eigenvalue weighted by Crippen LogP contribution is 2.34. The number of benzene rings is 2. The molecular formula is C28H32O14. The van der Waals surface area contributed by atoms with Gasteiger partial charge >= 0.3 is 0 Å². The summed E-state index contributed by atoms with van der Waals surface area (Å²) in [7, 11) is 1.52. The van der Waals surface area contributed by atoms with Crippen LogP contribution in [0.15, 0.2) is 51.7 Å². The number of hydrogen-bond donors (Lipinski definition) is 7. The van der Waals surface area contributed by atoms with Crippen molar-refractivity contribution < 1.29 is 63.8 Å². The molecule has 0 aliphatic carbocycles. The summed E-state index contributed by atoms with van der Waals surface area (Å²) >= 11 is 0. The van der Waals surface area contributed by atoms with Crippen molar-refractivity contribution in [2.24, 2.45) is 0 Å². The van der Waals surface area contributed by atoms with E-state index in [1.54, 1.807) is 24.3 Å². The normalized spacial score (nSPS) is 33.4. The lowest BCUT2D eigenvalue weighted by molar-refractivity contribution is -0.318. The fraction of sp³-hybridized carbons (Fsp3) is 0.464. The van der Waals surface area contributed by atoms with Crippen molar-refractivity contribution in [3.63, 3.8) is 0 Å². The largest absolute Gasteiger partial charge is 0.507 e. The number of fused-ring (bicyclic) bond motifs is 1. The van der Waals surface area contributed by atoms with Crippen LogP contribution in [0.3, 0.4) is 0 Å². The lowest BCUT2D eigenvalue weighted by Gasteiger charge is -2.42. The first kappa shape index (κ1) is 30.2. The average Bonchev–Trinajstić information content (AvgIpc) is 2.97. The van der Waals surface area contributed by atoms with Gasteiger partial charge in [-0.15, -0.1) is 0 Å². The standard InChI is InChI=1S/C28H32O14/c1-11-21(31)23(33)25(35)27(39-11)38-10-19-22(32)24(34)26(36)28(42-19)40-14-7-15(29)20-16(30)9-17(41-18(20)8-14)12-3-5-13(37-2)6-4-12/h3-9,11,19,21-29,31-36H,10H2,1-2H3/t11-,19+,21+,22-,23+,24+,25+,26+,27+,28+/m0/s1. The molecule has 14 nitrogen and oxygen atoms in total. The molecule has 2 aliphatic rings. The molecule has 0 unspecified atom stereocenters. The van der Waals surface area contributed by atoms with Gasteiger partial charge < -0.3 is 63.8 Å². The fourth-order valence-corrected chi connectivity index (χ4v) is 4.84. The third kappa shape index (κ3) is 5.81. The van der Waals surface area contributed by atoms with Crippen LogP contribution in [0.4, 0.5) is 0 Å². The van der Waals surface area contributed by atoms with Crippen molar-refractivity contribution in [2.45, 2.75) is 68.3 Å². The number of aromatic hydroxyl groups is 1. The van der Waals surface area contributed by atoms with Gasteiger partial charge in [0.1, 0.15) is 76.7 Å². The van der Waals surface area contributed by atoms with Crippen LogP contribution in [-0.4, -0.2) is 111 Å². The second-order valence-electron chi connectivity index (χ2n) is 10.2. The van der Waals surface area contributed by atoms with E-state index in [2.05, 4.69) is 0 Å². The smallest absolute Gasteiger partial charge is 0.229 e. The summed E-state index contributed by atoms with van der Waals surface area (Å²) in [5.41, 5.74) is 0.0115. The molecule has 0 spiro atoms. The average molecular weight is 593 g/mol. The van der Waals surface area contributed by atoms with Gasteiger partial charge in [0.2, 0.25) is 6.29 Å². The van der Waals surface area contributed by atoms with E-state index in [0.717, 1.165) is 6.07 Å². The number of hydrogen-bond acceptors (Lipinski definition) is 14. The van der Waals surface area contributed by atoms with Crippen LogP contribution in [0.25, 0.3) is 22.3 Å². The van der Waals surface area contributed by atoms with Gasteiger partial charge in [-0.2, -0.15) is 0 Å². The Morgan fingerprint density at radius 1 is 0.786 bits per heavy atom. The zero-order valence-corrected chi connectivity index (χ0v) is 22.5. The van der Waals surface area contributed by atoms with Crippen LogP contribution in [0.1, 0.15) is 6.92 Å². The zero-order chi connectivity index (χ0) is 30.3. The maximum atomic E-state index is 12.8.